The van der Waals surface area contributed by atoms with Crippen molar-refractivity contribution in [2.75, 3.05) is 11.9 Å². The minimum atomic E-state index is 0.882. The summed E-state index contributed by atoms with van der Waals surface area (Å²) in [5.41, 5.74) is 1.29. The molecule has 1 fully saturated rings. The van der Waals surface area contributed by atoms with Gasteiger partial charge in [0.05, 0.1) is 0 Å². The fourth-order valence-corrected chi connectivity index (χ4v) is 2.97. The first-order valence-corrected chi connectivity index (χ1v) is 7.32. The van der Waals surface area contributed by atoms with E-state index in [-0.39, 0.29) is 0 Å². The molecule has 0 amide bonds. The quantitative estimate of drug-likeness (QED) is 0.804. The summed E-state index contributed by atoms with van der Waals surface area (Å²) >= 11 is 2.40. The molecule has 16 heavy (non-hydrogen) atoms. The van der Waals surface area contributed by atoms with Gasteiger partial charge in [-0.25, -0.2) is 0 Å². The maximum Gasteiger partial charge on any atom is 0.0475 e. The molecule has 0 aromatic heterocycles. The van der Waals surface area contributed by atoms with E-state index in [1.165, 1.54) is 34.9 Å². The molecule has 0 aliphatic heterocycles. The van der Waals surface area contributed by atoms with Gasteiger partial charge in [-0.1, -0.05) is 31.9 Å². The maximum atomic E-state index is 3.59. The lowest BCUT2D eigenvalue weighted by Crippen LogP contribution is -2.20. The van der Waals surface area contributed by atoms with E-state index in [9.17, 15) is 0 Å². The van der Waals surface area contributed by atoms with Crippen LogP contribution in [0, 0.1) is 15.4 Å². The summed E-state index contributed by atoms with van der Waals surface area (Å²) in [6.45, 7) is 3.52. The van der Waals surface area contributed by atoms with Crippen molar-refractivity contribution < 1.29 is 0 Å². The van der Waals surface area contributed by atoms with E-state index in [4.69, 9.17) is 0 Å². The van der Waals surface area contributed by atoms with Crippen molar-refractivity contribution >= 4 is 28.3 Å². The summed E-state index contributed by atoms with van der Waals surface area (Å²) in [6, 6.07) is 8.53. The van der Waals surface area contributed by atoms with Gasteiger partial charge in [0.25, 0.3) is 0 Å². The first-order valence-electron chi connectivity index (χ1n) is 6.24. The highest BCUT2D eigenvalue weighted by Crippen LogP contribution is 2.28. The lowest BCUT2D eigenvalue weighted by molar-refractivity contribution is 0.300. The minimum Gasteiger partial charge on any atom is -0.384 e. The van der Waals surface area contributed by atoms with Gasteiger partial charge < -0.3 is 5.32 Å². The van der Waals surface area contributed by atoms with E-state index in [2.05, 4.69) is 59.1 Å². The molecule has 0 bridgehead atoms. The Labute approximate surface area is 112 Å². The molecule has 2 heteroatoms. The molecule has 1 aromatic rings. The third-order valence-corrected chi connectivity index (χ3v) is 4.53. The SMILES string of the molecule is CC1CCC(CNc2ccccc2I)CC1. The molecule has 1 N–H and O–H groups in total. The molecule has 0 unspecified atom stereocenters. The molecule has 0 atom stereocenters. The average Bonchev–Trinajstić information content (AvgIpc) is 2.30. The minimum absolute atomic E-state index is 0.882. The largest absolute Gasteiger partial charge is 0.384 e. The predicted molar refractivity (Wildman–Crippen MR) is 78.8 cm³/mol. The lowest BCUT2D eigenvalue weighted by Gasteiger charge is -2.26. The Balaban J connectivity index is 1.81. The summed E-state index contributed by atoms with van der Waals surface area (Å²) in [6.07, 6.45) is 5.63. The topological polar surface area (TPSA) is 12.0 Å². The number of hydrogen-bond donors (Lipinski definition) is 1. The van der Waals surface area contributed by atoms with Gasteiger partial charge in [0, 0.05) is 15.8 Å². The smallest absolute Gasteiger partial charge is 0.0475 e. The molecule has 1 saturated carbocycles. The first kappa shape index (κ1) is 12.2. The zero-order valence-corrected chi connectivity index (χ0v) is 12.0. The van der Waals surface area contributed by atoms with Crippen LogP contribution in [0.2, 0.25) is 0 Å². The van der Waals surface area contributed by atoms with Crippen LogP contribution >= 0.6 is 22.6 Å². The predicted octanol–water partition coefficient (Wildman–Crippen LogP) is 4.53. The number of para-hydroxylation sites is 1. The van der Waals surface area contributed by atoms with Crippen molar-refractivity contribution in [3.05, 3.63) is 27.8 Å². The number of benzene rings is 1. The van der Waals surface area contributed by atoms with Gasteiger partial charge in [-0.2, -0.15) is 0 Å². The maximum absolute atomic E-state index is 3.59. The average molecular weight is 329 g/mol. The number of hydrogen-bond acceptors (Lipinski definition) is 1. The van der Waals surface area contributed by atoms with Crippen LogP contribution < -0.4 is 5.32 Å². The van der Waals surface area contributed by atoms with Crippen molar-refractivity contribution in [1.82, 2.24) is 0 Å². The van der Waals surface area contributed by atoms with Gasteiger partial charge in [-0.05, 0) is 59.4 Å². The van der Waals surface area contributed by atoms with E-state index in [0.717, 1.165) is 18.4 Å². The van der Waals surface area contributed by atoms with Crippen molar-refractivity contribution in [2.45, 2.75) is 32.6 Å². The Morgan fingerprint density at radius 2 is 1.88 bits per heavy atom. The summed E-state index contributed by atoms with van der Waals surface area (Å²) in [5, 5.41) is 3.59. The number of halogens is 1. The van der Waals surface area contributed by atoms with E-state index in [1.54, 1.807) is 0 Å². The Morgan fingerprint density at radius 1 is 1.19 bits per heavy atom. The third-order valence-electron chi connectivity index (χ3n) is 3.59. The molecule has 0 heterocycles. The van der Waals surface area contributed by atoms with E-state index in [0.29, 0.717) is 0 Å². The molecule has 1 nitrogen and oxygen atoms in total. The van der Waals surface area contributed by atoms with Crippen molar-refractivity contribution in [3.63, 3.8) is 0 Å². The molecule has 88 valence electrons. The van der Waals surface area contributed by atoms with Gasteiger partial charge >= 0.3 is 0 Å². The van der Waals surface area contributed by atoms with Gasteiger partial charge in [0.1, 0.15) is 0 Å². The summed E-state index contributed by atoms with van der Waals surface area (Å²) in [7, 11) is 0. The Bertz CT molecular complexity index is 329. The summed E-state index contributed by atoms with van der Waals surface area (Å²) in [5.74, 6) is 1.83. The van der Waals surface area contributed by atoms with Crippen LogP contribution in [-0.4, -0.2) is 6.54 Å². The highest BCUT2D eigenvalue weighted by molar-refractivity contribution is 14.1. The van der Waals surface area contributed by atoms with Gasteiger partial charge in [-0.3, -0.25) is 0 Å². The van der Waals surface area contributed by atoms with Gasteiger partial charge in [0.2, 0.25) is 0 Å². The van der Waals surface area contributed by atoms with Gasteiger partial charge in [0.15, 0.2) is 0 Å². The molecule has 2 rings (SSSR count). The van der Waals surface area contributed by atoms with Crippen LogP contribution in [0.25, 0.3) is 0 Å². The van der Waals surface area contributed by atoms with Crippen LogP contribution in [0.4, 0.5) is 5.69 Å². The number of nitrogens with one attached hydrogen (secondary N) is 1. The number of rotatable bonds is 3. The highest BCUT2D eigenvalue weighted by Gasteiger charge is 2.17. The molecule has 0 spiro atoms. The normalized spacial score (nSPS) is 25.4. The van der Waals surface area contributed by atoms with E-state index < -0.39 is 0 Å². The molecule has 0 radical (unpaired) electrons. The fraction of sp³-hybridized carbons (Fsp3) is 0.571. The second kappa shape index (κ2) is 5.89. The zero-order chi connectivity index (χ0) is 11.4. The molecule has 1 aliphatic carbocycles. The highest BCUT2D eigenvalue weighted by atomic mass is 127. The van der Waals surface area contributed by atoms with Crippen LogP contribution in [-0.2, 0) is 0 Å². The van der Waals surface area contributed by atoms with E-state index in [1.807, 2.05) is 0 Å². The Kier molecular flexibility index (Phi) is 4.50. The van der Waals surface area contributed by atoms with Crippen molar-refractivity contribution in [2.24, 2.45) is 11.8 Å². The molecule has 0 saturated heterocycles. The third kappa shape index (κ3) is 3.37. The molecule has 1 aliphatic rings. The molecular weight excluding hydrogens is 309 g/mol. The summed E-state index contributed by atoms with van der Waals surface area (Å²) in [4.78, 5) is 0. The zero-order valence-electron chi connectivity index (χ0n) is 9.88. The molecular formula is C14H20IN. The lowest BCUT2D eigenvalue weighted by atomic mass is 9.83. The second-order valence-electron chi connectivity index (χ2n) is 4.99. The Morgan fingerprint density at radius 3 is 2.56 bits per heavy atom. The Hall–Kier alpha value is -0.250. The standard InChI is InChI=1S/C14H20IN/c1-11-6-8-12(9-7-11)10-16-14-5-3-2-4-13(14)15/h2-5,11-12,16H,6-10H2,1H3. The monoisotopic (exact) mass is 329 g/mol. The van der Waals surface area contributed by atoms with E-state index >= 15 is 0 Å². The summed E-state index contributed by atoms with van der Waals surface area (Å²) < 4.78 is 1.32. The first-order chi connectivity index (χ1) is 7.75. The van der Waals surface area contributed by atoms with Crippen LogP contribution in [0.15, 0.2) is 24.3 Å². The molecule has 1 aromatic carbocycles. The van der Waals surface area contributed by atoms with Crippen molar-refractivity contribution in [3.8, 4) is 0 Å². The van der Waals surface area contributed by atoms with Crippen LogP contribution in [0.5, 0.6) is 0 Å². The fourth-order valence-electron chi connectivity index (χ4n) is 2.39. The second-order valence-corrected chi connectivity index (χ2v) is 6.15. The van der Waals surface area contributed by atoms with Crippen molar-refractivity contribution in [1.29, 1.82) is 0 Å². The van der Waals surface area contributed by atoms with Crippen LogP contribution in [0.1, 0.15) is 32.6 Å². The van der Waals surface area contributed by atoms with Crippen LogP contribution in [0.3, 0.4) is 0 Å². The van der Waals surface area contributed by atoms with Gasteiger partial charge in [-0.15, -0.1) is 0 Å². The number of anilines is 1.